The van der Waals surface area contributed by atoms with Crippen LogP contribution in [0, 0.1) is 6.92 Å². The van der Waals surface area contributed by atoms with Crippen LogP contribution in [0.4, 0.5) is 0 Å². The first-order chi connectivity index (χ1) is 12.5. The molecule has 0 saturated carbocycles. The normalized spacial score (nSPS) is 11.2. The minimum atomic E-state index is -0.000410. The highest BCUT2D eigenvalue weighted by Crippen LogP contribution is 2.36. The van der Waals surface area contributed by atoms with Crippen LogP contribution in [0.25, 0.3) is 28.0 Å². The number of pyridine rings is 1. The maximum atomic E-state index is 11.7. The summed E-state index contributed by atoms with van der Waals surface area (Å²) in [4.78, 5) is 16.4. The van der Waals surface area contributed by atoms with Crippen molar-refractivity contribution in [3.05, 3.63) is 65.2 Å². The highest BCUT2D eigenvalue weighted by molar-refractivity contribution is 6.32. The van der Waals surface area contributed by atoms with Crippen LogP contribution in [0.15, 0.2) is 48.8 Å². The van der Waals surface area contributed by atoms with Gasteiger partial charge in [0.2, 0.25) is 0 Å². The first kappa shape index (κ1) is 16.5. The van der Waals surface area contributed by atoms with Gasteiger partial charge in [0.15, 0.2) is 5.78 Å². The predicted octanol–water partition coefficient (Wildman–Crippen LogP) is 4.57. The molecular weight excluding hydrogens is 348 g/mol. The minimum Gasteiger partial charge on any atom is -0.295 e. The Bertz CT molecular complexity index is 1160. The summed E-state index contributed by atoms with van der Waals surface area (Å²) in [6, 6.07) is 11.5. The number of halogens is 1. The maximum absolute atomic E-state index is 11.7. The van der Waals surface area contributed by atoms with Gasteiger partial charge in [0.05, 0.1) is 5.69 Å². The number of nitrogens with zero attached hydrogens (tertiary/aromatic N) is 4. The number of ketones is 1. The average Bonchev–Trinajstić information content (AvgIpc) is 3.13. The van der Waals surface area contributed by atoms with Crippen LogP contribution in [-0.4, -0.2) is 24.9 Å². The average molecular weight is 365 g/mol. The number of rotatable bonds is 3. The van der Waals surface area contributed by atoms with E-state index >= 15 is 0 Å². The van der Waals surface area contributed by atoms with Crippen LogP contribution in [0.2, 0.25) is 5.15 Å². The van der Waals surface area contributed by atoms with Crippen LogP contribution in [0.5, 0.6) is 0 Å². The quantitative estimate of drug-likeness (QED) is 0.500. The van der Waals surface area contributed by atoms with E-state index in [2.05, 4.69) is 5.10 Å². The summed E-state index contributed by atoms with van der Waals surface area (Å²) < 4.78 is 3.59. The minimum absolute atomic E-state index is 0.000410. The summed E-state index contributed by atoms with van der Waals surface area (Å²) in [7, 11) is 1.90. The van der Waals surface area contributed by atoms with E-state index in [9.17, 15) is 4.79 Å². The van der Waals surface area contributed by atoms with E-state index in [1.54, 1.807) is 27.4 Å². The largest absolute Gasteiger partial charge is 0.295 e. The van der Waals surface area contributed by atoms with Gasteiger partial charge in [0, 0.05) is 36.1 Å². The van der Waals surface area contributed by atoms with Crippen LogP contribution in [-0.2, 0) is 7.05 Å². The Balaban J connectivity index is 1.95. The summed E-state index contributed by atoms with van der Waals surface area (Å²) in [6.45, 7) is 3.52. The lowest BCUT2D eigenvalue weighted by Gasteiger charge is -2.07. The molecule has 0 saturated heterocycles. The molecule has 4 aromatic rings. The van der Waals surface area contributed by atoms with Crippen molar-refractivity contribution >= 4 is 23.0 Å². The molecule has 0 amide bonds. The smallest absolute Gasteiger partial charge is 0.159 e. The topological polar surface area (TPSA) is 52.2 Å². The van der Waals surface area contributed by atoms with Gasteiger partial charge in [0.1, 0.15) is 16.5 Å². The van der Waals surface area contributed by atoms with E-state index < -0.39 is 0 Å². The molecule has 0 atom stereocenters. The van der Waals surface area contributed by atoms with Crippen molar-refractivity contribution in [2.24, 2.45) is 7.05 Å². The Morgan fingerprint density at radius 2 is 1.85 bits per heavy atom. The second kappa shape index (κ2) is 6.11. The van der Waals surface area contributed by atoms with Gasteiger partial charge in [-0.2, -0.15) is 5.10 Å². The Morgan fingerprint density at radius 1 is 1.12 bits per heavy atom. The molecule has 26 heavy (non-hydrogen) atoms. The number of hydrogen-bond acceptors (Lipinski definition) is 3. The van der Waals surface area contributed by atoms with Gasteiger partial charge >= 0.3 is 0 Å². The van der Waals surface area contributed by atoms with Gasteiger partial charge in [0.25, 0.3) is 0 Å². The molecule has 0 aliphatic carbocycles. The predicted molar refractivity (Wildman–Crippen MR) is 103 cm³/mol. The molecule has 3 aromatic heterocycles. The van der Waals surface area contributed by atoms with Gasteiger partial charge < -0.3 is 0 Å². The van der Waals surface area contributed by atoms with E-state index in [4.69, 9.17) is 16.6 Å². The fraction of sp³-hybridized carbons (Fsp3) is 0.150. The van der Waals surface area contributed by atoms with Gasteiger partial charge in [-0.05, 0) is 31.5 Å². The molecule has 0 aliphatic rings. The summed E-state index contributed by atoms with van der Waals surface area (Å²) in [6.07, 6.45) is 3.77. The van der Waals surface area contributed by atoms with Gasteiger partial charge in [-0.1, -0.05) is 35.9 Å². The molecule has 5 nitrogen and oxygen atoms in total. The third-order valence-electron chi connectivity index (χ3n) is 4.46. The van der Waals surface area contributed by atoms with Crippen LogP contribution in [0.3, 0.4) is 0 Å². The van der Waals surface area contributed by atoms with Crippen molar-refractivity contribution in [2.45, 2.75) is 13.8 Å². The third kappa shape index (κ3) is 2.61. The van der Waals surface area contributed by atoms with Crippen molar-refractivity contribution in [3.8, 4) is 22.4 Å². The molecule has 0 radical (unpaired) electrons. The van der Waals surface area contributed by atoms with Gasteiger partial charge in [-0.25, -0.2) is 4.98 Å². The molecule has 4 rings (SSSR count). The molecule has 0 aliphatic heterocycles. The number of Topliss-reactive ketones (excluding diaryl/α,β-unsaturated/α-hetero) is 1. The molecule has 0 spiro atoms. The first-order valence-electron chi connectivity index (χ1n) is 8.24. The molecule has 0 fully saturated rings. The zero-order chi connectivity index (χ0) is 18.4. The van der Waals surface area contributed by atoms with Crippen molar-refractivity contribution < 1.29 is 4.79 Å². The van der Waals surface area contributed by atoms with E-state index in [-0.39, 0.29) is 5.78 Å². The number of benzene rings is 1. The summed E-state index contributed by atoms with van der Waals surface area (Å²) in [5.74, 6) is -0.000410. The Morgan fingerprint density at radius 3 is 2.50 bits per heavy atom. The SMILES string of the molecule is CC(=O)c1ccn2c(Cl)c(-c3ccccc3-c3cn(C)nc3C)nc2c1. The standard InChI is InChI=1S/C20H17ClN4O/c1-12-17(11-24(3)23-12)15-6-4-5-7-16(15)19-20(21)25-9-8-14(13(2)26)10-18(25)22-19/h4-11H,1-3H3. The van der Waals surface area contributed by atoms with E-state index in [0.717, 1.165) is 22.4 Å². The maximum Gasteiger partial charge on any atom is 0.159 e. The number of carbonyl (C=O) groups excluding carboxylic acids is 1. The fourth-order valence-electron chi connectivity index (χ4n) is 3.19. The lowest BCUT2D eigenvalue weighted by molar-refractivity contribution is 0.101. The monoisotopic (exact) mass is 364 g/mol. The van der Waals surface area contributed by atoms with Crippen LogP contribution >= 0.6 is 11.6 Å². The van der Waals surface area contributed by atoms with Gasteiger partial charge in [-0.15, -0.1) is 0 Å². The number of aromatic nitrogens is 4. The fourth-order valence-corrected chi connectivity index (χ4v) is 3.48. The number of carbonyl (C=O) groups is 1. The Hall–Kier alpha value is -2.92. The molecule has 3 heterocycles. The second-order valence-corrected chi connectivity index (χ2v) is 6.66. The highest BCUT2D eigenvalue weighted by Gasteiger charge is 2.18. The van der Waals surface area contributed by atoms with E-state index in [1.165, 1.54) is 6.92 Å². The lowest BCUT2D eigenvalue weighted by Crippen LogP contribution is -1.94. The summed E-state index contributed by atoms with van der Waals surface area (Å²) in [5.41, 5.74) is 5.89. The number of aryl methyl sites for hydroxylation is 2. The van der Waals surface area contributed by atoms with Crippen molar-refractivity contribution in [3.63, 3.8) is 0 Å². The zero-order valence-corrected chi connectivity index (χ0v) is 15.4. The van der Waals surface area contributed by atoms with Crippen molar-refractivity contribution in [1.29, 1.82) is 0 Å². The lowest BCUT2D eigenvalue weighted by atomic mass is 9.99. The van der Waals surface area contributed by atoms with Crippen molar-refractivity contribution in [1.82, 2.24) is 19.2 Å². The highest BCUT2D eigenvalue weighted by atomic mass is 35.5. The number of hydrogen-bond donors (Lipinski definition) is 0. The summed E-state index contributed by atoms with van der Waals surface area (Å²) in [5, 5.41) is 4.96. The molecular formula is C20H17ClN4O. The third-order valence-corrected chi connectivity index (χ3v) is 4.82. The van der Waals surface area contributed by atoms with Gasteiger partial charge in [-0.3, -0.25) is 13.9 Å². The molecule has 130 valence electrons. The first-order valence-corrected chi connectivity index (χ1v) is 8.62. The summed E-state index contributed by atoms with van der Waals surface area (Å²) >= 11 is 6.62. The Labute approximate surface area is 155 Å². The van der Waals surface area contributed by atoms with Crippen LogP contribution < -0.4 is 0 Å². The molecule has 1 aromatic carbocycles. The zero-order valence-electron chi connectivity index (χ0n) is 14.7. The van der Waals surface area contributed by atoms with E-state index in [1.807, 2.05) is 44.4 Å². The molecule has 6 heteroatoms. The molecule has 0 unspecified atom stereocenters. The number of imidazole rings is 1. The van der Waals surface area contributed by atoms with Crippen LogP contribution in [0.1, 0.15) is 23.0 Å². The molecule has 0 N–H and O–H groups in total. The van der Waals surface area contributed by atoms with Crippen molar-refractivity contribution in [2.75, 3.05) is 0 Å². The molecule has 0 bridgehead atoms. The van der Waals surface area contributed by atoms with E-state index in [0.29, 0.717) is 22.1 Å². The second-order valence-electron chi connectivity index (χ2n) is 6.30. The Kier molecular flexibility index (Phi) is 3.89. The number of fused-ring (bicyclic) bond motifs is 1.